The van der Waals surface area contributed by atoms with Crippen molar-refractivity contribution < 1.29 is 12.9 Å². The van der Waals surface area contributed by atoms with Crippen molar-refractivity contribution in [1.29, 1.82) is 0 Å². The van der Waals surface area contributed by atoms with Gasteiger partial charge in [-0.1, -0.05) is 22.9 Å². The van der Waals surface area contributed by atoms with Crippen LogP contribution in [0.15, 0.2) is 61.5 Å². The number of sulfonamides is 1. The highest BCUT2D eigenvalue weighted by Gasteiger charge is 2.23. The number of nitrogens with one attached hydrogen (secondary N) is 2. The van der Waals surface area contributed by atoms with Crippen LogP contribution in [0.5, 0.6) is 0 Å². The maximum absolute atomic E-state index is 12.6. The standard InChI is InChI=1S/C20H19N5O5S/c1-11-4-7-14(8-5-11)31(28,29)24-12(2)19-22-17(23-30-19)13-6-9-16-15(10-13)21-18(26)20(27)25(16)3/h4-10,12,24H,1-3H3,(H,21,26)/t12-/m0/s1. The summed E-state index contributed by atoms with van der Waals surface area (Å²) in [5.74, 6) is 0.299. The Balaban J connectivity index is 1.62. The Hall–Kier alpha value is -3.57. The first-order valence-electron chi connectivity index (χ1n) is 9.32. The number of fused-ring (bicyclic) bond motifs is 1. The summed E-state index contributed by atoms with van der Waals surface area (Å²) in [6, 6.07) is 10.6. The normalized spacial score (nSPS) is 12.9. The fourth-order valence-corrected chi connectivity index (χ4v) is 4.30. The first-order chi connectivity index (χ1) is 14.7. The van der Waals surface area contributed by atoms with Crippen molar-refractivity contribution in [3.63, 3.8) is 0 Å². The molecule has 0 spiro atoms. The molecular formula is C20H19N5O5S. The molecule has 31 heavy (non-hydrogen) atoms. The van der Waals surface area contributed by atoms with Crippen LogP contribution >= 0.6 is 0 Å². The highest BCUT2D eigenvalue weighted by molar-refractivity contribution is 7.89. The predicted octanol–water partition coefficient (Wildman–Crippen LogP) is 1.62. The van der Waals surface area contributed by atoms with Crippen LogP contribution < -0.4 is 15.8 Å². The molecule has 0 aliphatic carbocycles. The van der Waals surface area contributed by atoms with E-state index in [1.54, 1.807) is 37.3 Å². The Labute approximate surface area is 176 Å². The van der Waals surface area contributed by atoms with Gasteiger partial charge in [0.05, 0.1) is 22.0 Å². The molecule has 0 aliphatic heterocycles. The maximum atomic E-state index is 12.6. The average molecular weight is 441 g/mol. The minimum absolute atomic E-state index is 0.0831. The number of hydrogen-bond acceptors (Lipinski definition) is 7. The molecule has 160 valence electrons. The summed E-state index contributed by atoms with van der Waals surface area (Å²) in [4.78, 5) is 30.5. The van der Waals surface area contributed by atoms with Gasteiger partial charge in [-0.15, -0.1) is 0 Å². The number of aromatic amines is 1. The van der Waals surface area contributed by atoms with Crippen LogP contribution in [0, 0.1) is 6.92 Å². The molecule has 0 saturated heterocycles. The van der Waals surface area contributed by atoms with E-state index >= 15 is 0 Å². The van der Waals surface area contributed by atoms with E-state index in [1.807, 2.05) is 6.92 Å². The van der Waals surface area contributed by atoms with E-state index < -0.39 is 27.2 Å². The lowest BCUT2D eigenvalue weighted by Gasteiger charge is -2.10. The van der Waals surface area contributed by atoms with Gasteiger partial charge >= 0.3 is 11.1 Å². The second kappa shape index (κ2) is 7.60. The zero-order valence-corrected chi connectivity index (χ0v) is 17.7. The van der Waals surface area contributed by atoms with Gasteiger partial charge in [0, 0.05) is 12.6 Å². The van der Waals surface area contributed by atoms with Gasteiger partial charge in [0.25, 0.3) is 0 Å². The highest BCUT2D eigenvalue weighted by atomic mass is 32.2. The molecule has 2 aromatic heterocycles. The van der Waals surface area contributed by atoms with E-state index in [-0.39, 0.29) is 16.6 Å². The van der Waals surface area contributed by atoms with E-state index in [0.717, 1.165) is 5.56 Å². The maximum Gasteiger partial charge on any atom is 0.316 e. The van der Waals surface area contributed by atoms with E-state index in [2.05, 4.69) is 19.8 Å². The van der Waals surface area contributed by atoms with Crippen LogP contribution in [-0.4, -0.2) is 28.1 Å². The molecular weight excluding hydrogens is 422 g/mol. The summed E-state index contributed by atoms with van der Waals surface area (Å²) in [7, 11) is -2.26. The van der Waals surface area contributed by atoms with Gasteiger partial charge < -0.3 is 14.1 Å². The van der Waals surface area contributed by atoms with Gasteiger partial charge in [0.1, 0.15) is 0 Å². The predicted molar refractivity (Wildman–Crippen MR) is 113 cm³/mol. The molecule has 1 atom stereocenters. The average Bonchev–Trinajstić information content (AvgIpc) is 3.22. The number of rotatable bonds is 5. The molecule has 0 saturated carbocycles. The Morgan fingerprint density at radius 3 is 2.55 bits per heavy atom. The number of benzene rings is 2. The molecule has 0 bridgehead atoms. The summed E-state index contributed by atoms with van der Waals surface area (Å²) >= 11 is 0. The van der Waals surface area contributed by atoms with Gasteiger partial charge in [0.2, 0.25) is 21.7 Å². The lowest BCUT2D eigenvalue weighted by molar-refractivity contribution is 0.354. The third-order valence-corrected chi connectivity index (χ3v) is 6.40. The van der Waals surface area contributed by atoms with E-state index in [0.29, 0.717) is 16.6 Å². The summed E-state index contributed by atoms with van der Waals surface area (Å²) in [5, 5.41) is 3.91. The molecule has 0 aliphatic rings. The summed E-state index contributed by atoms with van der Waals surface area (Å²) in [6.07, 6.45) is 0. The molecule has 2 aromatic carbocycles. The fraction of sp³-hybridized carbons (Fsp3) is 0.200. The van der Waals surface area contributed by atoms with Crippen LogP contribution in [0.2, 0.25) is 0 Å². The Kier molecular flexibility index (Phi) is 5.07. The summed E-state index contributed by atoms with van der Waals surface area (Å²) in [6.45, 7) is 3.46. The van der Waals surface area contributed by atoms with Crippen molar-refractivity contribution in [2.24, 2.45) is 7.05 Å². The first kappa shape index (κ1) is 20.7. The van der Waals surface area contributed by atoms with E-state index in [1.165, 1.54) is 23.7 Å². The van der Waals surface area contributed by atoms with Crippen molar-refractivity contribution in [2.45, 2.75) is 24.8 Å². The third-order valence-electron chi connectivity index (χ3n) is 4.84. The second-order valence-electron chi connectivity index (χ2n) is 7.16. The molecule has 4 rings (SSSR count). The third kappa shape index (κ3) is 3.92. The molecule has 4 aromatic rings. The van der Waals surface area contributed by atoms with Crippen molar-refractivity contribution in [3.05, 3.63) is 74.6 Å². The van der Waals surface area contributed by atoms with Crippen molar-refractivity contribution in [1.82, 2.24) is 24.4 Å². The molecule has 2 N–H and O–H groups in total. The van der Waals surface area contributed by atoms with Crippen LogP contribution in [-0.2, 0) is 17.1 Å². The SMILES string of the molecule is Cc1ccc(S(=O)(=O)N[C@@H](C)c2nc(-c3ccc4c(c3)[nH]c(=O)c(=O)n4C)no2)cc1. The molecule has 11 heteroatoms. The zero-order valence-electron chi connectivity index (χ0n) is 16.9. The van der Waals surface area contributed by atoms with Crippen LogP contribution in [0.3, 0.4) is 0 Å². The highest BCUT2D eigenvalue weighted by Crippen LogP contribution is 2.22. The minimum atomic E-state index is -3.77. The Morgan fingerprint density at radius 1 is 1.13 bits per heavy atom. The van der Waals surface area contributed by atoms with Crippen molar-refractivity contribution in [2.75, 3.05) is 0 Å². The number of aryl methyl sites for hydroxylation is 2. The van der Waals surface area contributed by atoms with E-state index in [4.69, 9.17) is 4.52 Å². The molecule has 10 nitrogen and oxygen atoms in total. The van der Waals surface area contributed by atoms with E-state index in [9.17, 15) is 18.0 Å². The van der Waals surface area contributed by atoms with Gasteiger partial charge in [-0.2, -0.15) is 9.71 Å². The first-order valence-corrected chi connectivity index (χ1v) is 10.8. The van der Waals surface area contributed by atoms with Crippen LogP contribution in [0.4, 0.5) is 0 Å². The van der Waals surface area contributed by atoms with Gasteiger partial charge in [-0.05, 0) is 44.2 Å². The Morgan fingerprint density at radius 2 is 1.84 bits per heavy atom. The number of H-pyrrole nitrogens is 1. The zero-order chi connectivity index (χ0) is 22.3. The van der Waals surface area contributed by atoms with Crippen LogP contribution in [0.1, 0.15) is 24.4 Å². The largest absolute Gasteiger partial charge is 0.337 e. The van der Waals surface area contributed by atoms with Gasteiger partial charge in [-0.3, -0.25) is 9.59 Å². The molecule has 0 amide bonds. The molecule has 2 heterocycles. The summed E-state index contributed by atoms with van der Waals surface area (Å²) < 4.78 is 34.2. The topological polar surface area (TPSA) is 140 Å². The lowest BCUT2D eigenvalue weighted by atomic mass is 10.2. The minimum Gasteiger partial charge on any atom is -0.337 e. The van der Waals surface area contributed by atoms with Crippen LogP contribution in [0.25, 0.3) is 22.4 Å². The number of aromatic nitrogens is 4. The quantitative estimate of drug-likeness (QED) is 0.449. The lowest BCUT2D eigenvalue weighted by Crippen LogP contribution is -2.34. The molecule has 0 fully saturated rings. The molecule has 0 radical (unpaired) electrons. The molecule has 0 unspecified atom stereocenters. The van der Waals surface area contributed by atoms with Gasteiger partial charge in [0.15, 0.2) is 0 Å². The number of hydrogen-bond donors (Lipinski definition) is 2. The monoisotopic (exact) mass is 441 g/mol. The summed E-state index contributed by atoms with van der Waals surface area (Å²) in [5.41, 5.74) is 1.06. The smallest absolute Gasteiger partial charge is 0.316 e. The Bertz CT molecular complexity index is 1500. The van der Waals surface area contributed by atoms with Crippen molar-refractivity contribution >= 4 is 21.1 Å². The van der Waals surface area contributed by atoms with Gasteiger partial charge in [-0.25, -0.2) is 8.42 Å². The fourth-order valence-electron chi connectivity index (χ4n) is 3.10. The number of nitrogens with zero attached hydrogens (tertiary/aromatic N) is 3. The van der Waals surface area contributed by atoms with Crippen molar-refractivity contribution in [3.8, 4) is 11.4 Å². The second-order valence-corrected chi connectivity index (χ2v) is 8.88.